The number of aryl methyl sites for hydroxylation is 1. The number of aromatic nitrogens is 2. The summed E-state index contributed by atoms with van der Waals surface area (Å²) in [6.45, 7) is 2.23. The van der Waals surface area contributed by atoms with Crippen molar-refractivity contribution in [2.75, 3.05) is 5.32 Å². The van der Waals surface area contributed by atoms with Crippen LogP contribution in [0.1, 0.15) is 11.5 Å². The molecule has 0 bridgehead atoms. The maximum absolute atomic E-state index is 12.9. The Labute approximate surface area is 97.5 Å². The van der Waals surface area contributed by atoms with Crippen LogP contribution in [0, 0.1) is 18.6 Å². The summed E-state index contributed by atoms with van der Waals surface area (Å²) in [7, 11) is 0. The van der Waals surface area contributed by atoms with Crippen LogP contribution < -0.4 is 5.32 Å². The van der Waals surface area contributed by atoms with Gasteiger partial charge in [0.05, 0.1) is 12.2 Å². The Morgan fingerprint density at radius 1 is 1.18 bits per heavy atom. The molecule has 3 nitrogen and oxygen atoms in total. The largest absolute Gasteiger partial charge is 0.379 e. The Morgan fingerprint density at radius 2 is 2.00 bits per heavy atom. The smallest absolute Gasteiger partial charge is 0.160 e. The fourth-order valence-corrected chi connectivity index (χ4v) is 1.40. The number of anilines is 1. The van der Waals surface area contributed by atoms with Gasteiger partial charge in [0.25, 0.3) is 0 Å². The number of hydrogen-bond donors (Lipinski definition) is 1. The molecule has 17 heavy (non-hydrogen) atoms. The van der Waals surface area contributed by atoms with Crippen molar-refractivity contribution >= 4 is 5.69 Å². The second kappa shape index (κ2) is 4.86. The van der Waals surface area contributed by atoms with Gasteiger partial charge in [-0.2, -0.15) is 0 Å². The minimum absolute atomic E-state index is 0.439. The topological polar surface area (TPSA) is 37.8 Å². The molecule has 1 aromatic carbocycles. The zero-order chi connectivity index (χ0) is 12.3. The van der Waals surface area contributed by atoms with Gasteiger partial charge in [0.2, 0.25) is 0 Å². The average Bonchev–Trinajstić information content (AvgIpc) is 2.31. The Balaban J connectivity index is 2.05. The van der Waals surface area contributed by atoms with Gasteiger partial charge < -0.3 is 5.32 Å². The Morgan fingerprint density at radius 3 is 2.71 bits per heavy atom. The lowest BCUT2D eigenvalue weighted by molar-refractivity contribution is 0.509. The highest BCUT2D eigenvalue weighted by molar-refractivity contribution is 5.43. The van der Waals surface area contributed by atoms with E-state index in [1.807, 2.05) is 0 Å². The maximum atomic E-state index is 12.9. The molecule has 2 aromatic rings. The van der Waals surface area contributed by atoms with Crippen molar-refractivity contribution in [3.05, 3.63) is 53.6 Å². The number of nitrogens with one attached hydrogen (secondary N) is 1. The summed E-state index contributed by atoms with van der Waals surface area (Å²) in [6.07, 6.45) is 1.66. The van der Waals surface area contributed by atoms with Crippen LogP contribution in [0.25, 0.3) is 0 Å². The molecule has 0 unspecified atom stereocenters. The maximum Gasteiger partial charge on any atom is 0.160 e. The summed E-state index contributed by atoms with van der Waals surface area (Å²) in [4.78, 5) is 8.16. The number of benzene rings is 1. The molecule has 1 aromatic heterocycles. The van der Waals surface area contributed by atoms with Crippen LogP contribution >= 0.6 is 0 Å². The van der Waals surface area contributed by atoms with Crippen LogP contribution in [-0.2, 0) is 6.54 Å². The number of rotatable bonds is 3. The van der Waals surface area contributed by atoms with Crippen LogP contribution in [0.4, 0.5) is 14.5 Å². The van der Waals surface area contributed by atoms with Crippen LogP contribution in [0.15, 0.2) is 30.5 Å². The van der Waals surface area contributed by atoms with Crippen LogP contribution in [-0.4, -0.2) is 9.97 Å². The highest BCUT2D eigenvalue weighted by Gasteiger charge is 2.02. The summed E-state index contributed by atoms with van der Waals surface area (Å²) in [5.41, 5.74) is 1.31. The van der Waals surface area contributed by atoms with E-state index in [9.17, 15) is 8.78 Å². The Hall–Kier alpha value is -2.04. The lowest BCUT2D eigenvalue weighted by Gasteiger charge is -2.06. The highest BCUT2D eigenvalue weighted by Crippen LogP contribution is 2.13. The molecule has 0 radical (unpaired) electrons. The molecule has 0 amide bonds. The molecule has 88 valence electrons. The second-order valence-electron chi connectivity index (χ2n) is 3.58. The summed E-state index contributed by atoms with van der Waals surface area (Å²) < 4.78 is 25.6. The second-order valence-corrected chi connectivity index (χ2v) is 3.58. The van der Waals surface area contributed by atoms with Gasteiger partial charge in [-0.05, 0) is 25.1 Å². The SMILES string of the molecule is Cc1nccc(CNc2ccc(F)c(F)c2)n1. The van der Waals surface area contributed by atoms with Crippen molar-refractivity contribution in [1.82, 2.24) is 9.97 Å². The molecule has 0 saturated carbocycles. The monoisotopic (exact) mass is 235 g/mol. The number of halogens is 2. The van der Waals surface area contributed by atoms with Crippen molar-refractivity contribution in [2.45, 2.75) is 13.5 Å². The van der Waals surface area contributed by atoms with E-state index >= 15 is 0 Å². The third-order valence-electron chi connectivity index (χ3n) is 2.23. The molecular formula is C12H11F2N3. The van der Waals surface area contributed by atoms with E-state index in [0.29, 0.717) is 18.1 Å². The van der Waals surface area contributed by atoms with Crippen molar-refractivity contribution in [2.24, 2.45) is 0 Å². The molecule has 1 N–H and O–H groups in total. The van der Waals surface area contributed by atoms with Gasteiger partial charge in [0.1, 0.15) is 5.82 Å². The van der Waals surface area contributed by atoms with Gasteiger partial charge >= 0.3 is 0 Å². The predicted octanol–water partition coefficient (Wildman–Crippen LogP) is 2.68. The molecule has 2 rings (SSSR count). The molecule has 1 heterocycles. The lowest BCUT2D eigenvalue weighted by Crippen LogP contribution is -2.03. The Bertz CT molecular complexity index is 529. The van der Waals surface area contributed by atoms with Gasteiger partial charge in [0, 0.05) is 18.0 Å². The van der Waals surface area contributed by atoms with E-state index in [1.165, 1.54) is 6.07 Å². The fourth-order valence-electron chi connectivity index (χ4n) is 1.40. The fraction of sp³-hybridized carbons (Fsp3) is 0.167. The number of nitrogens with zero attached hydrogens (tertiary/aromatic N) is 2. The molecule has 0 saturated heterocycles. The Kier molecular flexibility index (Phi) is 3.27. The van der Waals surface area contributed by atoms with Gasteiger partial charge in [-0.1, -0.05) is 0 Å². The molecular weight excluding hydrogens is 224 g/mol. The van der Waals surface area contributed by atoms with Crippen molar-refractivity contribution in [3.63, 3.8) is 0 Å². The van der Waals surface area contributed by atoms with Gasteiger partial charge in [-0.25, -0.2) is 18.7 Å². The van der Waals surface area contributed by atoms with Crippen LogP contribution in [0.2, 0.25) is 0 Å². The minimum atomic E-state index is -0.867. The summed E-state index contributed by atoms with van der Waals surface area (Å²) in [6, 6.07) is 5.44. The van der Waals surface area contributed by atoms with E-state index in [0.717, 1.165) is 17.8 Å². The molecule has 0 atom stereocenters. The predicted molar refractivity (Wildman–Crippen MR) is 60.5 cm³/mol. The normalized spacial score (nSPS) is 10.3. The molecule has 0 fully saturated rings. The van der Waals surface area contributed by atoms with E-state index in [4.69, 9.17) is 0 Å². The quantitative estimate of drug-likeness (QED) is 0.888. The average molecular weight is 235 g/mol. The zero-order valence-electron chi connectivity index (χ0n) is 9.24. The summed E-state index contributed by atoms with van der Waals surface area (Å²) in [5.74, 6) is -1.04. The van der Waals surface area contributed by atoms with Crippen LogP contribution in [0.5, 0.6) is 0 Å². The van der Waals surface area contributed by atoms with E-state index < -0.39 is 11.6 Å². The third-order valence-corrected chi connectivity index (χ3v) is 2.23. The first-order chi connectivity index (χ1) is 8.15. The highest BCUT2D eigenvalue weighted by atomic mass is 19.2. The van der Waals surface area contributed by atoms with Crippen molar-refractivity contribution in [3.8, 4) is 0 Å². The minimum Gasteiger partial charge on any atom is -0.379 e. The molecule has 0 aliphatic rings. The van der Waals surface area contributed by atoms with Crippen molar-refractivity contribution < 1.29 is 8.78 Å². The van der Waals surface area contributed by atoms with Gasteiger partial charge in [0.15, 0.2) is 11.6 Å². The van der Waals surface area contributed by atoms with E-state index in [-0.39, 0.29) is 0 Å². The first-order valence-corrected chi connectivity index (χ1v) is 5.12. The molecule has 5 heteroatoms. The first-order valence-electron chi connectivity index (χ1n) is 5.12. The number of hydrogen-bond acceptors (Lipinski definition) is 3. The van der Waals surface area contributed by atoms with E-state index in [2.05, 4.69) is 15.3 Å². The van der Waals surface area contributed by atoms with E-state index in [1.54, 1.807) is 19.2 Å². The molecule has 0 aliphatic carbocycles. The summed E-state index contributed by atoms with van der Waals surface area (Å²) >= 11 is 0. The van der Waals surface area contributed by atoms with Gasteiger partial charge in [-0.3, -0.25) is 0 Å². The summed E-state index contributed by atoms with van der Waals surface area (Å²) in [5, 5.41) is 2.96. The van der Waals surface area contributed by atoms with Crippen LogP contribution in [0.3, 0.4) is 0 Å². The van der Waals surface area contributed by atoms with Crippen molar-refractivity contribution in [1.29, 1.82) is 0 Å². The molecule has 0 aliphatic heterocycles. The lowest BCUT2D eigenvalue weighted by atomic mass is 10.3. The van der Waals surface area contributed by atoms with Gasteiger partial charge in [-0.15, -0.1) is 0 Å². The third kappa shape index (κ3) is 2.96. The zero-order valence-corrected chi connectivity index (χ0v) is 9.24. The first kappa shape index (κ1) is 11.4. The molecule has 0 spiro atoms. The standard InChI is InChI=1S/C12H11F2N3/c1-8-15-5-4-10(17-8)7-16-9-2-3-11(13)12(14)6-9/h2-6,16H,7H2,1H3.